The van der Waals surface area contributed by atoms with Crippen molar-refractivity contribution in [2.45, 2.75) is 60.3 Å². The van der Waals surface area contributed by atoms with Crippen LogP contribution in [0.2, 0.25) is 0 Å². The highest BCUT2D eigenvalue weighted by molar-refractivity contribution is 5.08. The van der Waals surface area contributed by atoms with Gasteiger partial charge in [-0.15, -0.1) is 0 Å². The van der Waals surface area contributed by atoms with Gasteiger partial charge in [-0.25, -0.2) is 0 Å². The van der Waals surface area contributed by atoms with Gasteiger partial charge in [-0.3, -0.25) is 0 Å². The monoisotopic (exact) mass is 208 g/mol. The molecule has 1 aliphatic carbocycles. The Morgan fingerprint density at radius 2 is 1.87 bits per heavy atom. The highest BCUT2D eigenvalue weighted by Gasteiger charge is 2.19. The second kappa shape index (κ2) is 5.72. The van der Waals surface area contributed by atoms with Gasteiger partial charge in [0, 0.05) is 0 Å². The molecule has 0 N–H and O–H groups in total. The predicted molar refractivity (Wildman–Crippen MR) is 68.9 cm³/mol. The fourth-order valence-electron chi connectivity index (χ4n) is 2.45. The van der Waals surface area contributed by atoms with E-state index in [1.54, 1.807) is 5.57 Å². The van der Waals surface area contributed by atoms with E-state index < -0.39 is 0 Å². The molecule has 0 aliphatic heterocycles. The van der Waals surface area contributed by atoms with Crippen molar-refractivity contribution in [2.75, 3.05) is 0 Å². The molecule has 0 heteroatoms. The molecule has 1 aliphatic rings. The first-order chi connectivity index (χ1) is 7.00. The van der Waals surface area contributed by atoms with Crippen molar-refractivity contribution in [3.8, 4) is 0 Å². The zero-order valence-corrected chi connectivity index (χ0v) is 11.2. The van der Waals surface area contributed by atoms with Crippen molar-refractivity contribution in [3.63, 3.8) is 0 Å². The number of hydrogen-bond donors (Lipinski definition) is 0. The van der Waals surface area contributed by atoms with E-state index in [2.05, 4.69) is 40.7 Å². The third kappa shape index (κ3) is 4.01. The molecule has 0 aromatic heterocycles. The van der Waals surface area contributed by atoms with E-state index in [-0.39, 0.29) is 0 Å². The van der Waals surface area contributed by atoms with Crippen LogP contribution in [0.15, 0.2) is 11.6 Å². The molecule has 0 nitrogen and oxygen atoms in total. The van der Waals surface area contributed by atoms with Crippen LogP contribution in [-0.4, -0.2) is 0 Å². The summed E-state index contributed by atoms with van der Waals surface area (Å²) in [5.41, 5.74) is 1.70. The highest BCUT2D eigenvalue weighted by atomic mass is 14.2. The van der Waals surface area contributed by atoms with Crippen molar-refractivity contribution in [1.82, 2.24) is 0 Å². The Morgan fingerprint density at radius 1 is 1.20 bits per heavy atom. The van der Waals surface area contributed by atoms with Crippen LogP contribution < -0.4 is 0 Å². The Balaban J connectivity index is 2.37. The summed E-state index contributed by atoms with van der Waals surface area (Å²) in [7, 11) is 0. The number of rotatable bonds is 4. The van der Waals surface area contributed by atoms with Crippen molar-refractivity contribution in [3.05, 3.63) is 11.6 Å². The summed E-state index contributed by atoms with van der Waals surface area (Å²) in [4.78, 5) is 0. The van der Waals surface area contributed by atoms with E-state index in [9.17, 15) is 0 Å². The Hall–Kier alpha value is -0.260. The molecule has 0 saturated heterocycles. The molecule has 2 unspecified atom stereocenters. The zero-order valence-electron chi connectivity index (χ0n) is 11.2. The normalized spacial score (nSPS) is 24.5. The standard InChI is InChI=1S/C15H28/c1-11(2)13(5)10-14-6-8-15(9-7-14)12(3)4/h8,11-14H,6-7,9-10H2,1-5H3. The summed E-state index contributed by atoms with van der Waals surface area (Å²) in [6.45, 7) is 11.8. The molecule has 0 aromatic carbocycles. The molecule has 0 amide bonds. The van der Waals surface area contributed by atoms with Gasteiger partial charge in [-0.1, -0.05) is 46.3 Å². The van der Waals surface area contributed by atoms with E-state index in [4.69, 9.17) is 0 Å². The van der Waals surface area contributed by atoms with Gasteiger partial charge < -0.3 is 0 Å². The van der Waals surface area contributed by atoms with Crippen molar-refractivity contribution in [1.29, 1.82) is 0 Å². The third-order valence-corrected chi connectivity index (χ3v) is 4.14. The van der Waals surface area contributed by atoms with E-state index >= 15 is 0 Å². The third-order valence-electron chi connectivity index (χ3n) is 4.14. The topological polar surface area (TPSA) is 0 Å². The van der Waals surface area contributed by atoms with Crippen molar-refractivity contribution in [2.24, 2.45) is 23.7 Å². The molecule has 0 radical (unpaired) electrons. The van der Waals surface area contributed by atoms with Crippen LogP contribution in [0.4, 0.5) is 0 Å². The molecule has 1 rings (SSSR count). The second-order valence-electron chi connectivity index (χ2n) is 6.03. The minimum atomic E-state index is 0.772. The van der Waals surface area contributed by atoms with Gasteiger partial charge in [0.05, 0.1) is 0 Å². The smallest absolute Gasteiger partial charge is 0.0260 e. The molecule has 88 valence electrons. The maximum absolute atomic E-state index is 2.52. The van der Waals surface area contributed by atoms with Gasteiger partial charge in [-0.05, 0) is 49.4 Å². The number of allylic oxidation sites excluding steroid dienone is 2. The first-order valence-corrected chi connectivity index (χ1v) is 6.69. The molecular weight excluding hydrogens is 180 g/mol. The maximum atomic E-state index is 2.52. The summed E-state index contributed by atoms with van der Waals surface area (Å²) in [5, 5.41) is 0. The first-order valence-electron chi connectivity index (χ1n) is 6.69. The van der Waals surface area contributed by atoms with Gasteiger partial charge in [-0.2, -0.15) is 0 Å². The van der Waals surface area contributed by atoms with E-state index in [0.29, 0.717) is 0 Å². The summed E-state index contributed by atoms with van der Waals surface area (Å²) in [6.07, 6.45) is 8.07. The van der Waals surface area contributed by atoms with Crippen LogP contribution in [0.3, 0.4) is 0 Å². The van der Waals surface area contributed by atoms with Crippen molar-refractivity contribution >= 4 is 0 Å². The minimum Gasteiger partial charge on any atom is -0.0848 e. The van der Waals surface area contributed by atoms with E-state index in [1.165, 1.54) is 25.7 Å². The van der Waals surface area contributed by atoms with Gasteiger partial charge in [0.1, 0.15) is 0 Å². The molecule has 0 heterocycles. The van der Waals surface area contributed by atoms with Crippen LogP contribution in [0.1, 0.15) is 60.3 Å². The number of hydrogen-bond acceptors (Lipinski definition) is 0. The summed E-state index contributed by atoms with van der Waals surface area (Å²) in [6, 6.07) is 0. The fraction of sp³-hybridized carbons (Fsp3) is 0.867. The Kier molecular flexibility index (Phi) is 4.89. The van der Waals surface area contributed by atoms with Gasteiger partial charge in [0.2, 0.25) is 0 Å². The predicted octanol–water partition coefficient (Wildman–Crippen LogP) is 5.05. The van der Waals surface area contributed by atoms with Crippen molar-refractivity contribution < 1.29 is 0 Å². The molecular formula is C15H28. The van der Waals surface area contributed by atoms with Gasteiger partial charge >= 0.3 is 0 Å². The molecule has 0 fully saturated rings. The highest BCUT2D eigenvalue weighted by Crippen LogP contribution is 2.33. The zero-order chi connectivity index (χ0) is 11.4. The van der Waals surface area contributed by atoms with E-state index in [0.717, 1.165) is 23.7 Å². The first kappa shape index (κ1) is 12.8. The lowest BCUT2D eigenvalue weighted by molar-refractivity contribution is 0.299. The lowest BCUT2D eigenvalue weighted by atomic mass is 9.79. The van der Waals surface area contributed by atoms with Crippen LogP contribution in [0.25, 0.3) is 0 Å². The Morgan fingerprint density at radius 3 is 2.27 bits per heavy atom. The summed E-state index contributed by atoms with van der Waals surface area (Å²) >= 11 is 0. The van der Waals surface area contributed by atoms with Gasteiger partial charge in [0.15, 0.2) is 0 Å². The van der Waals surface area contributed by atoms with E-state index in [1.807, 2.05) is 0 Å². The molecule has 0 spiro atoms. The molecule has 0 bridgehead atoms. The van der Waals surface area contributed by atoms with Crippen LogP contribution >= 0.6 is 0 Å². The Bertz CT molecular complexity index is 210. The van der Waals surface area contributed by atoms with Crippen LogP contribution in [0, 0.1) is 23.7 Å². The molecule has 15 heavy (non-hydrogen) atoms. The fourth-order valence-corrected chi connectivity index (χ4v) is 2.45. The van der Waals surface area contributed by atoms with Gasteiger partial charge in [0.25, 0.3) is 0 Å². The SMILES string of the molecule is CC(C)C1=CCC(CC(C)C(C)C)CC1. The minimum absolute atomic E-state index is 0.772. The Labute approximate surface area is 96.2 Å². The largest absolute Gasteiger partial charge is 0.0848 e. The summed E-state index contributed by atoms with van der Waals surface area (Å²) in [5.74, 6) is 3.47. The lowest BCUT2D eigenvalue weighted by Gasteiger charge is -2.27. The van der Waals surface area contributed by atoms with Crippen LogP contribution in [0.5, 0.6) is 0 Å². The quantitative estimate of drug-likeness (QED) is 0.567. The molecule has 2 atom stereocenters. The van der Waals surface area contributed by atoms with Crippen LogP contribution in [-0.2, 0) is 0 Å². The molecule has 0 aromatic rings. The lowest BCUT2D eigenvalue weighted by Crippen LogP contribution is -2.14. The maximum Gasteiger partial charge on any atom is -0.0260 e. The average molecular weight is 208 g/mol. The second-order valence-corrected chi connectivity index (χ2v) is 6.03. The summed E-state index contributed by atoms with van der Waals surface area (Å²) < 4.78 is 0. The average Bonchev–Trinajstić information content (AvgIpc) is 2.18. The molecule has 0 saturated carbocycles.